The van der Waals surface area contributed by atoms with Gasteiger partial charge in [-0.3, -0.25) is 0 Å². The molecule has 8 nitrogen and oxygen atoms in total. The summed E-state index contributed by atoms with van der Waals surface area (Å²) in [5, 5.41) is 14.1. The van der Waals surface area contributed by atoms with Crippen LogP contribution in [0, 0.1) is 18.6 Å². The number of amides is 2. The van der Waals surface area contributed by atoms with Crippen LogP contribution >= 0.6 is 0 Å². The Kier molecular flexibility index (Phi) is 5.87. The molecule has 160 valence electrons. The van der Waals surface area contributed by atoms with Crippen molar-refractivity contribution in [2.45, 2.75) is 6.92 Å². The first-order valence-corrected chi connectivity index (χ1v) is 9.77. The molecular weight excluding hydrogens is 404 g/mol. The second-order valence-electron chi connectivity index (χ2n) is 7.18. The number of rotatable bonds is 4. The summed E-state index contributed by atoms with van der Waals surface area (Å²) in [6, 6.07) is 10.0. The molecule has 0 radical (unpaired) electrons. The fourth-order valence-electron chi connectivity index (χ4n) is 3.26. The average Bonchev–Trinajstić information content (AvgIpc) is 2.74. The van der Waals surface area contributed by atoms with Gasteiger partial charge in [0.05, 0.1) is 0 Å². The number of carbonyl (C=O) groups excluding carboxylic acids is 1. The van der Waals surface area contributed by atoms with E-state index in [4.69, 9.17) is 0 Å². The molecule has 0 spiro atoms. The number of urea groups is 1. The predicted molar refractivity (Wildman–Crippen MR) is 113 cm³/mol. The molecule has 1 fully saturated rings. The van der Waals surface area contributed by atoms with Gasteiger partial charge in [0.25, 0.3) is 0 Å². The van der Waals surface area contributed by atoms with Crippen LogP contribution in [0.5, 0.6) is 0 Å². The van der Waals surface area contributed by atoms with Crippen LogP contribution in [0.4, 0.5) is 36.7 Å². The summed E-state index contributed by atoms with van der Waals surface area (Å²) in [6.45, 7) is 3.99. The largest absolute Gasteiger partial charge is 0.352 e. The van der Waals surface area contributed by atoms with Crippen LogP contribution < -0.4 is 15.5 Å². The van der Waals surface area contributed by atoms with Gasteiger partial charge in [-0.25, -0.2) is 18.6 Å². The normalized spacial score (nSPS) is 13.8. The Bertz CT molecular complexity index is 1050. The standard InChI is InChI=1S/C21H21F2N7O/c1-14-4-5-24-19(10-14)26-18-2-3-20(28-27-18)29-6-8-30(9-7-29)21(31)25-17-12-15(22)11-16(23)13-17/h2-5,10-13H,6-9H2,1H3,(H,25,31)(H,24,26,27). The first-order chi connectivity index (χ1) is 15.0. The van der Waals surface area contributed by atoms with Crippen molar-refractivity contribution in [1.29, 1.82) is 0 Å². The van der Waals surface area contributed by atoms with E-state index in [1.807, 2.05) is 36.1 Å². The van der Waals surface area contributed by atoms with Crippen LogP contribution in [0.15, 0.2) is 48.7 Å². The molecule has 1 saturated heterocycles. The van der Waals surface area contributed by atoms with Crippen molar-refractivity contribution in [3.8, 4) is 0 Å². The first-order valence-electron chi connectivity index (χ1n) is 9.77. The quantitative estimate of drug-likeness (QED) is 0.665. The highest BCUT2D eigenvalue weighted by Gasteiger charge is 2.22. The highest BCUT2D eigenvalue weighted by molar-refractivity contribution is 5.89. The second kappa shape index (κ2) is 8.90. The molecule has 2 aromatic heterocycles. The molecule has 2 N–H and O–H groups in total. The van der Waals surface area contributed by atoms with E-state index in [0.717, 1.165) is 23.8 Å². The van der Waals surface area contributed by atoms with E-state index in [9.17, 15) is 13.6 Å². The number of hydrogen-bond acceptors (Lipinski definition) is 6. The lowest BCUT2D eigenvalue weighted by molar-refractivity contribution is 0.208. The Hall–Kier alpha value is -3.82. The van der Waals surface area contributed by atoms with Crippen LogP contribution in [-0.4, -0.2) is 52.3 Å². The van der Waals surface area contributed by atoms with E-state index in [2.05, 4.69) is 25.8 Å². The van der Waals surface area contributed by atoms with Crippen LogP contribution in [0.1, 0.15) is 5.56 Å². The molecule has 1 aliphatic heterocycles. The van der Waals surface area contributed by atoms with Crippen molar-refractivity contribution in [3.05, 3.63) is 65.9 Å². The summed E-state index contributed by atoms with van der Waals surface area (Å²) in [4.78, 5) is 20.2. The molecule has 0 atom stereocenters. The third-order valence-corrected chi connectivity index (χ3v) is 4.83. The Morgan fingerprint density at radius 3 is 2.32 bits per heavy atom. The molecule has 0 saturated carbocycles. The van der Waals surface area contributed by atoms with Crippen molar-refractivity contribution < 1.29 is 13.6 Å². The van der Waals surface area contributed by atoms with Gasteiger partial charge in [0, 0.05) is 44.1 Å². The Morgan fingerprint density at radius 1 is 0.935 bits per heavy atom. The SMILES string of the molecule is Cc1ccnc(Nc2ccc(N3CCN(C(=O)Nc4cc(F)cc(F)c4)CC3)nn2)c1. The van der Waals surface area contributed by atoms with Crippen LogP contribution in [-0.2, 0) is 0 Å². The number of aromatic nitrogens is 3. The Morgan fingerprint density at radius 2 is 1.68 bits per heavy atom. The summed E-state index contributed by atoms with van der Waals surface area (Å²) in [7, 11) is 0. The van der Waals surface area contributed by atoms with Crippen molar-refractivity contribution in [2.24, 2.45) is 0 Å². The summed E-state index contributed by atoms with van der Waals surface area (Å²) in [5.41, 5.74) is 1.17. The van der Waals surface area contributed by atoms with E-state index in [1.165, 1.54) is 0 Å². The minimum atomic E-state index is -0.741. The van der Waals surface area contributed by atoms with Gasteiger partial charge in [0.2, 0.25) is 0 Å². The number of nitrogens with one attached hydrogen (secondary N) is 2. The molecule has 0 unspecified atom stereocenters. The van der Waals surface area contributed by atoms with Crippen LogP contribution in [0.3, 0.4) is 0 Å². The molecule has 0 bridgehead atoms. The highest BCUT2D eigenvalue weighted by Crippen LogP contribution is 2.18. The molecule has 3 heterocycles. The number of halogens is 2. The molecule has 0 aliphatic carbocycles. The van der Waals surface area contributed by atoms with Crippen LogP contribution in [0.25, 0.3) is 0 Å². The molecule has 1 aromatic carbocycles. The van der Waals surface area contributed by atoms with Gasteiger partial charge in [-0.1, -0.05) is 0 Å². The molecule has 3 aromatic rings. The first kappa shape index (κ1) is 20.5. The van der Waals surface area contributed by atoms with Gasteiger partial charge in [-0.15, -0.1) is 10.2 Å². The second-order valence-corrected chi connectivity index (χ2v) is 7.18. The number of carbonyl (C=O) groups is 1. The summed E-state index contributed by atoms with van der Waals surface area (Å²) in [6.07, 6.45) is 1.72. The van der Waals surface area contributed by atoms with Crippen molar-refractivity contribution >= 4 is 29.2 Å². The number of aryl methyl sites for hydroxylation is 1. The predicted octanol–water partition coefficient (Wildman–Crippen LogP) is 3.56. The summed E-state index contributed by atoms with van der Waals surface area (Å²) in [5.74, 6) is 0.502. The zero-order chi connectivity index (χ0) is 21.8. The third-order valence-electron chi connectivity index (χ3n) is 4.83. The average molecular weight is 425 g/mol. The Balaban J connectivity index is 1.31. The molecule has 1 aliphatic rings. The molecule has 10 heteroatoms. The van der Waals surface area contributed by atoms with E-state index in [0.29, 0.717) is 43.6 Å². The minimum Gasteiger partial charge on any atom is -0.352 e. The number of hydrogen-bond donors (Lipinski definition) is 2. The maximum atomic E-state index is 13.3. The third kappa shape index (κ3) is 5.21. The molecule has 2 amide bonds. The minimum absolute atomic E-state index is 0.0852. The van der Waals surface area contributed by atoms with Crippen LogP contribution in [0.2, 0.25) is 0 Å². The van der Waals surface area contributed by atoms with E-state index in [1.54, 1.807) is 11.1 Å². The number of piperazine rings is 1. The zero-order valence-corrected chi connectivity index (χ0v) is 16.8. The Labute approximate surface area is 177 Å². The lowest BCUT2D eigenvalue weighted by Gasteiger charge is -2.35. The number of anilines is 4. The topological polar surface area (TPSA) is 86.3 Å². The van der Waals surface area contributed by atoms with Crippen molar-refractivity contribution in [1.82, 2.24) is 20.1 Å². The lowest BCUT2D eigenvalue weighted by atomic mass is 10.3. The van der Waals surface area contributed by atoms with Gasteiger partial charge in [-0.2, -0.15) is 0 Å². The fraction of sp³-hybridized carbons (Fsp3) is 0.238. The van der Waals surface area contributed by atoms with Gasteiger partial charge >= 0.3 is 6.03 Å². The smallest absolute Gasteiger partial charge is 0.321 e. The molecule has 4 rings (SSSR count). The molecule has 31 heavy (non-hydrogen) atoms. The fourth-order valence-corrected chi connectivity index (χ4v) is 3.26. The van der Waals surface area contributed by atoms with Gasteiger partial charge in [0.1, 0.15) is 17.5 Å². The van der Waals surface area contributed by atoms with Crippen molar-refractivity contribution in [3.63, 3.8) is 0 Å². The van der Waals surface area contributed by atoms with Crippen molar-refractivity contribution in [2.75, 3.05) is 41.7 Å². The maximum absolute atomic E-state index is 13.3. The van der Waals surface area contributed by atoms with E-state index < -0.39 is 17.7 Å². The number of benzene rings is 1. The van der Waals surface area contributed by atoms with Gasteiger partial charge < -0.3 is 20.4 Å². The van der Waals surface area contributed by atoms with Gasteiger partial charge in [0.15, 0.2) is 11.6 Å². The van der Waals surface area contributed by atoms with E-state index >= 15 is 0 Å². The monoisotopic (exact) mass is 425 g/mol. The molecular formula is C21H21F2N7O. The highest BCUT2D eigenvalue weighted by atomic mass is 19.1. The summed E-state index contributed by atoms with van der Waals surface area (Å²) < 4.78 is 26.6. The number of nitrogens with zero attached hydrogens (tertiary/aromatic N) is 5. The number of pyridine rings is 1. The summed E-state index contributed by atoms with van der Waals surface area (Å²) >= 11 is 0. The van der Waals surface area contributed by atoms with E-state index in [-0.39, 0.29) is 5.69 Å². The lowest BCUT2D eigenvalue weighted by Crippen LogP contribution is -2.50. The maximum Gasteiger partial charge on any atom is 0.321 e. The zero-order valence-electron chi connectivity index (χ0n) is 16.8. The van der Waals surface area contributed by atoms with Gasteiger partial charge in [-0.05, 0) is 48.9 Å².